The van der Waals surface area contributed by atoms with Gasteiger partial charge in [-0.1, -0.05) is 36.8 Å². The smallest absolute Gasteiger partial charge is 0.218 e. The Hall–Kier alpha value is -2.04. The lowest BCUT2D eigenvalue weighted by molar-refractivity contribution is 0.254. The molecule has 6 N–H and O–H groups in total. The summed E-state index contributed by atoms with van der Waals surface area (Å²) < 4.78 is 0. The second kappa shape index (κ2) is 6.93. The second-order valence-electron chi connectivity index (χ2n) is 5.31. The van der Waals surface area contributed by atoms with Crippen LogP contribution in [-0.2, 0) is 6.42 Å². The molecule has 0 aliphatic heterocycles. The Morgan fingerprint density at radius 1 is 1.15 bits per heavy atom. The third kappa shape index (κ3) is 4.26. The van der Waals surface area contributed by atoms with Crippen LogP contribution in [0.3, 0.4) is 0 Å². The van der Waals surface area contributed by atoms with E-state index in [0.717, 1.165) is 12.8 Å². The summed E-state index contributed by atoms with van der Waals surface area (Å²) in [6.07, 6.45) is 5.70. The molecule has 5 heteroatoms. The Morgan fingerprint density at radius 3 is 2.40 bits per heavy atom. The van der Waals surface area contributed by atoms with Crippen molar-refractivity contribution in [1.29, 1.82) is 0 Å². The van der Waals surface area contributed by atoms with E-state index in [4.69, 9.17) is 17.2 Å². The van der Waals surface area contributed by atoms with Gasteiger partial charge in [0.05, 0.1) is 6.04 Å². The molecular weight excluding hydrogens is 250 g/mol. The van der Waals surface area contributed by atoms with Crippen molar-refractivity contribution in [3.63, 3.8) is 0 Å². The summed E-state index contributed by atoms with van der Waals surface area (Å²) in [5.74, 6) is 0.767. The molecule has 0 amide bonds. The molecule has 20 heavy (non-hydrogen) atoms. The first-order valence-electron chi connectivity index (χ1n) is 7.12. The molecule has 1 aliphatic carbocycles. The van der Waals surface area contributed by atoms with E-state index in [2.05, 4.69) is 34.3 Å². The molecule has 1 aromatic carbocycles. The van der Waals surface area contributed by atoms with Crippen LogP contribution < -0.4 is 17.2 Å². The van der Waals surface area contributed by atoms with E-state index >= 15 is 0 Å². The summed E-state index contributed by atoms with van der Waals surface area (Å²) in [7, 11) is 0. The zero-order valence-corrected chi connectivity index (χ0v) is 11.7. The van der Waals surface area contributed by atoms with Gasteiger partial charge in [0.25, 0.3) is 0 Å². The molecular formula is C15H23N5. The van der Waals surface area contributed by atoms with Crippen LogP contribution in [0.5, 0.6) is 0 Å². The maximum atomic E-state index is 5.76. The van der Waals surface area contributed by atoms with Crippen molar-refractivity contribution in [2.45, 2.75) is 38.1 Å². The number of aliphatic imine (C=N–C) groups is 2. The van der Waals surface area contributed by atoms with Crippen LogP contribution in [0.1, 0.15) is 31.2 Å². The highest BCUT2D eigenvalue weighted by Gasteiger charge is 2.26. The average molecular weight is 273 g/mol. The molecule has 1 atom stereocenters. The molecule has 1 aliphatic rings. The maximum Gasteiger partial charge on any atom is 0.218 e. The van der Waals surface area contributed by atoms with Crippen molar-refractivity contribution < 1.29 is 0 Å². The van der Waals surface area contributed by atoms with Crippen LogP contribution in [0, 0.1) is 5.92 Å². The highest BCUT2D eigenvalue weighted by Crippen LogP contribution is 2.33. The molecule has 0 saturated heterocycles. The maximum absolute atomic E-state index is 5.76. The van der Waals surface area contributed by atoms with Crippen molar-refractivity contribution in [1.82, 2.24) is 0 Å². The average Bonchev–Trinajstić information content (AvgIpc) is 2.34. The summed E-state index contributed by atoms with van der Waals surface area (Å²) in [6.45, 7) is 0. The molecule has 108 valence electrons. The third-order valence-corrected chi connectivity index (χ3v) is 3.81. The summed E-state index contributed by atoms with van der Waals surface area (Å²) in [6, 6.07) is 10.6. The monoisotopic (exact) mass is 273 g/mol. The largest absolute Gasteiger partial charge is 0.370 e. The first-order valence-corrected chi connectivity index (χ1v) is 7.12. The molecule has 0 unspecified atom stereocenters. The highest BCUT2D eigenvalue weighted by molar-refractivity contribution is 5.92. The van der Waals surface area contributed by atoms with Crippen LogP contribution in [0.4, 0.5) is 0 Å². The van der Waals surface area contributed by atoms with E-state index in [1.165, 1.54) is 24.8 Å². The lowest BCUT2D eigenvalue weighted by Gasteiger charge is -2.31. The Bertz CT molecular complexity index is 472. The van der Waals surface area contributed by atoms with Crippen LogP contribution in [0.2, 0.25) is 0 Å². The number of guanidine groups is 2. The molecule has 0 radical (unpaired) electrons. The van der Waals surface area contributed by atoms with Gasteiger partial charge in [0.15, 0.2) is 5.96 Å². The number of benzene rings is 1. The fourth-order valence-corrected chi connectivity index (χ4v) is 2.52. The van der Waals surface area contributed by atoms with E-state index in [0.29, 0.717) is 5.92 Å². The Kier molecular flexibility index (Phi) is 4.98. The minimum absolute atomic E-state index is 0.0401. The number of nitrogens with two attached hydrogens (primary N) is 3. The Morgan fingerprint density at radius 2 is 1.85 bits per heavy atom. The molecule has 0 aromatic heterocycles. The predicted molar refractivity (Wildman–Crippen MR) is 83.3 cm³/mol. The number of aryl methyl sites for hydroxylation is 1. The molecule has 1 saturated carbocycles. The molecule has 0 heterocycles. The highest BCUT2D eigenvalue weighted by atomic mass is 15.1. The summed E-state index contributed by atoms with van der Waals surface area (Å²) in [4.78, 5) is 8.31. The van der Waals surface area contributed by atoms with Gasteiger partial charge in [-0.25, -0.2) is 4.99 Å². The van der Waals surface area contributed by atoms with Crippen molar-refractivity contribution in [2.75, 3.05) is 0 Å². The van der Waals surface area contributed by atoms with Gasteiger partial charge < -0.3 is 17.2 Å². The van der Waals surface area contributed by atoms with Gasteiger partial charge in [-0.2, -0.15) is 4.99 Å². The molecule has 0 spiro atoms. The van der Waals surface area contributed by atoms with Gasteiger partial charge >= 0.3 is 0 Å². The van der Waals surface area contributed by atoms with E-state index < -0.39 is 0 Å². The van der Waals surface area contributed by atoms with E-state index in [1.807, 2.05) is 6.07 Å². The molecule has 1 fully saturated rings. The zero-order valence-electron chi connectivity index (χ0n) is 11.7. The quantitative estimate of drug-likeness (QED) is 0.557. The fraction of sp³-hybridized carbons (Fsp3) is 0.467. The van der Waals surface area contributed by atoms with Crippen molar-refractivity contribution >= 4 is 11.9 Å². The van der Waals surface area contributed by atoms with Gasteiger partial charge in [0, 0.05) is 0 Å². The standard InChI is InChI=1S/C15H23N5/c16-14(17)20-15(18)19-13(12-7-4-8-12)10-9-11-5-2-1-3-6-11/h1-3,5-6,12-13H,4,7-10H2,(H6,16,17,18,19,20)/t13-/m0/s1. The van der Waals surface area contributed by atoms with Crippen LogP contribution >= 0.6 is 0 Å². The van der Waals surface area contributed by atoms with Crippen LogP contribution in [-0.4, -0.2) is 18.0 Å². The molecule has 2 rings (SSSR count). The SMILES string of the molecule is NC(N)=NC(N)=N[C@@H](CCc1ccccc1)C1CCC1. The van der Waals surface area contributed by atoms with Gasteiger partial charge in [-0.05, 0) is 37.2 Å². The van der Waals surface area contributed by atoms with E-state index in [1.54, 1.807) is 0 Å². The normalized spacial score (nSPS) is 17.3. The number of nitrogens with zero attached hydrogens (tertiary/aromatic N) is 2. The number of rotatable bonds is 5. The summed E-state index contributed by atoms with van der Waals surface area (Å²) in [5, 5.41) is 0. The van der Waals surface area contributed by atoms with Gasteiger partial charge in [-0.15, -0.1) is 0 Å². The molecule has 1 aromatic rings. The minimum atomic E-state index is -0.0401. The fourth-order valence-electron chi connectivity index (χ4n) is 2.52. The lowest BCUT2D eigenvalue weighted by atomic mass is 9.78. The summed E-state index contributed by atoms with van der Waals surface area (Å²) in [5.41, 5.74) is 17.7. The predicted octanol–water partition coefficient (Wildman–Crippen LogP) is 1.38. The first kappa shape index (κ1) is 14.4. The lowest BCUT2D eigenvalue weighted by Crippen LogP contribution is -2.30. The van der Waals surface area contributed by atoms with Crippen molar-refractivity contribution in [2.24, 2.45) is 33.1 Å². The Balaban J connectivity index is 1.99. The second-order valence-corrected chi connectivity index (χ2v) is 5.31. The van der Waals surface area contributed by atoms with E-state index in [-0.39, 0.29) is 18.0 Å². The van der Waals surface area contributed by atoms with E-state index in [9.17, 15) is 0 Å². The van der Waals surface area contributed by atoms with Crippen LogP contribution in [0.15, 0.2) is 40.3 Å². The summed E-state index contributed by atoms with van der Waals surface area (Å²) >= 11 is 0. The topological polar surface area (TPSA) is 103 Å². The Labute approximate surface area is 120 Å². The third-order valence-electron chi connectivity index (χ3n) is 3.81. The zero-order chi connectivity index (χ0) is 14.4. The van der Waals surface area contributed by atoms with Gasteiger partial charge in [0.2, 0.25) is 5.96 Å². The number of hydrogen-bond acceptors (Lipinski definition) is 1. The van der Waals surface area contributed by atoms with Crippen molar-refractivity contribution in [3.05, 3.63) is 35.9 Å². The van der Waals surface area contributed by atoms with Gasteiger partial charge in [0.1, 0.15) is 0 Å². The first-order chi connectivity index (χ1) is 9.65. The molecule has 0 bridgehead atoms. The van der Waals surface area contributed by atoms with Crippen molar-refractivity contribution in [3.8, 4) is 0 Å². The van der Waals surface area contributed by atoms with Crippen LogP contribution in [0.25, 0.3) is 0 Å². The minimum Gasteiger partial charge on any atom is -0.370 e. The number of hydrogen-bond donors (Lipinski definition) is 3. The van der Waals surface area contributed by atoms with Gasteiger partial charge in [-0.3, -0.25) is 0 Å². The molecule has 5 nitrogen and oxygen atoms in total.